The van der Waals surface area contributed by atoms with Crippen LogP contribution in [0.25, 0.3) is 0 Å². The molecule has 18 heavy (non-hydrogen) atoms. The van der Waals surface area contributed by atoms with Crippen LogP contribution in [-0.2, 0) is 13.0 Å². The smallest absolute Gasteiger partial charge is 0.212 e. The molecule has 0 saturated heterocycles. The van der Waals surface area contributed by atoms with Crippen LogP contribution in [0.5, 0.6) is 0 Å². The lowest BCUT2D eigenvalue weighted by molar-refractivity contribution is 0.102. The molecule has 0 atom stereocenters. The lowest BCUT2D eigenvalue weighted by Crippen LogP contribution is -2.11. The molecule has 0 aliphatic heterocycles. The quantitative estimate of drug-likeness (QED) is 0.811. The standard InChI is InChI=1S/C14H15BrN2O/c1-3-10-5-7-11(8-6-10)14(18)13-12(15)9-16-17(13)4-2/h5-9H,3-4H2,1-2H3. The fourth-order valence-electron chi connectivity index (χ4n) is 1.86. The molecule has 0 saturated carbocycles. The second-order valence-electron chi connectivity index (χ2n) is 4.04. The SMILES string of the molecule is CCc1ccc(C(=O)c2c(Br)cnn2CC)cc1. The maximum atomic E-state index is 12.4. The van der Waals surface area contributed by atoms with Crippen LogP contribution in [0.1, 0.15) is 35.5 Å². The van der Waals surface area contributed by atoms with Crippen molar-refractivity contribution in [3.05, 3.63) is 51.8 Å². The first-order valence-corrected chi connectivity index (χ1v) is 6.81. The van der Waals surface area contributed by atoms with E-state index in [-0.39, 0.29) is 5.78 Å². The maximum Gasteiger partial charge on any atom is 0.212 e. The Balaban J connectivity index is 2.38. The molecule has 0 radical (unpaired) electrons. The highest BCUT2D eigenvalue weighted by molar-refractivity contribution is 9.10. The van der Waals surface area contributed by atoms with Gasteiger partial charge in [0, 0.05) is 12.1 Å². The van der Waals surface area contributed by atoms with Gasteiger partial charge in [-0.05, 0) is 34.8 Å². The third-order valence-electron chi connectivity index (χ3n) is 2.93. The molecular weight excluding hydrogens is 292 g/mol. The van der Waals surface area contributed by atoms with E-state index in [2.05, 4.69) is 28.0 Å². The minimum Gasteiger partial charge on any atom is -0.287 e. The molecule has 4 heteroatoms. The van der Waals surface area contributed by atoms with Crippen molar-refractivity contribution in [2.45, 2.75) is 26.8 Å². The fourth-order valence-corrected chi connectivity index (χ4v) is 2.33. The van der Waals surface area contributed by atoms with Crippen LogP contribution < -0.4 is 0 Å². The average molecular weight is 307 g/mol. The maximum absolute atomic E-state index is 12.4. The van der Waals surface area contributed by atoms with Crippen LogP contribution >= 0.6 is 15.9 Å². The number of hydrogen-bond acceptors (Lipinski definition) is 2. The fraction of sp³-hybridized carbons (Fsp3) is 0.286. The van der Waals surface area contributed by atoms with Crippen LogP contribution in [0, 0.1) is 0 Å². The molecule has 0 aliphatic carbocycles. The minimum absolute atomic E-state index is 0.00359. The molecule has 2 aromatic rings. The van der Waals surface area contributed by atoms with E-state index in [0.29, 0.717) is 17.8 Å². The van der Waals surface area contributed by atoms with E-state index in [1.807, 2.05) is 31.2 Å². The van der Waals surface area contributed by atoms with Crippen molar-refractivity contribution in [2.24, 2.45) is 0 Å². The molecule has 3 nitrogen and oxygen atoms in total. The van der Waals surface area contributed by atoms with Crippen LogP contribution in [0.2, 0.25) is 0 Å². The minimum atomic E-state index is 0.00359. The zero-order valence-electron chi connectivity index (χ0n) is 10.5. The van der Waals surface area contributed by atoms with E-state index in [1.54, 1.807) is 10.9 Å². The van der Waals surface area contributed by atoms with Gasteiger partial charge >= 0.3 is 0 Å². The summed E-state index contributed by atoms with van der Waals surface area (Å²) in [7, 11) is 0. The Morgan fingerprint density at radius 2 is 1.94 bits per heavy atom. The van der Waals surface area contributed by atoms with E-state index in [0.717, 1.165) is 10.9 Å². The predicted molar refractivity (Wildman–Crippen MR) is 74.9 cm³/mol. The largest absolute Gasteiger partial charge is 0.287 e. The zero-order chi connectivity index (χ0) is 13.1. The summed E-state index contributed by atoms with van der Waals surface area (Å²) in [5.74, 6) is 0.00359. The van der Waals surface area contributed by atoms with Gasteiger partial charge in [0.1, 0.15) is 5.69 Å². The third kappa shape index (κ3) is 2.38. The van der Waals surface area contributed by atoms with Crippen LogP contribution in [-0.4, -0.2) is 15.6 Å². The summed E-state index contributed by atoms with van der Waals surface area (Å²) in [5.41, 5.74) is 2.54. The number of halogens is 1. The first kappa shape index (κ1) is 13.0. The number of rotatable bonds is 4. The molecule has 0 unspecified atom stereocenters. The first-order chi connectivity index (χ1) is 8.67. The van der Waals surface area contributed by atoms with Gasteiger partial charge in [0.15, 0.2) is 0 Å². The van der Waals surface area contributed by atoms with E-state index in [1.165, 1.54) is 5.56 Å². The first-order valence-electron chi connectivity index (χ1n) is 6.02. The van der Waals surface area contributed by atoms with E-state index in [9.17, 15) is 4.79 Å². The highest BCUT2D eigenvalue weighted by atomic mass is 79.9. The monoisotopic (exact) mass is 306 g/mol. The van der Waals surface area contributed by atoms with E-state index < -0.39 is 0 Å². The van der Waals surface area contributed by atoms with Crippen molar-refractivity contribution in [3.63, 3.8) is 0 Å². The zero-order valence-corrected chi connectivity index (χ0v) is 12.1. The van der Waals surface area contributed by atoms with Gasteiger partial charge in [0.25, 0.3) is 0 Å². The molecule has 0 N–H and O–H groups in total. The van der Waals surface area contributed by atoms with Crippen molar-refractivity contribution >= 4 is 21.7 Å². The summed E-state index contributed by atoms with van der Waals surface area (Å²) in [5, 5.41) is 4.16. The highest BCUT2D eigenvalue weighted by Gasteiger charge is 2.17. The Morgan fingerprint density at radius 3 is 2.50 bits per heavy atom. The van der Waals surface area contributed by atoms with Crippen LogP contribution in [0.15, 0.2) is 34.9 Å². The van der Waals surface area contributed by atoms with Crippen LogP contribution in [0.4, 0.5) is 0 Å². The van der Waals surface area contributed by atoms with Gasteiger partial charge < -0.3 is 0 Å². The van der Waals surface area contributed by atoms with Gasteiger partial charge in [0.2, 0.25) is 5.78 Å². The Bertz CT molecular complexity index is 558. The van der Waals surface area contributed by atoms with Crippen molar-refractivity contribution in [1.82, 2.24) is 9.78 Å². The topological polar surface area (TPSA) is 34.9 Å². The van der Waals surface area contributed by atoms with E-state index in [4.69, 9.17) is 0 Å². The molecule has 1 aromatic heterocycles. The summed E-state index contributed by atoms with van der Waals surface area (Å²) in [6.45, 7) is 4.75. The lowest BCUT2D eigenvalue weighted by atomic mass is 10.0. The number of ketones is 1. The molecule has 1 aromatic carbocycles. The Labute approximate surface area is 115 Å². The number of hydrogen-bond donors (Lipinski definition) is 0. The average Bonchev–Trinajstić information content (AvgIpc) is 2.79. The molecular formula is C14H15BrN2O. The summed E-state index contributed by atoms with van der Waals surface area (Å²) in [6, 6.07) is 7.74. The number of benzene rings is 1. The third-order valence-corrected chi connectivity index (χ3v) is 3.51. The number of nitrogens with zero attached hydrogens (tertiary/aromatic N) is 2. The molecule has 0 bridgehead atoms. The molecule has 0 spiro atoms. The second kappa shape index (κ2) is 5.48. The second-order valence-corrected chi connectivity index (χ2v) is 4.89. The molecule has 0 fully saturated rings. The van der Waals surface area contributed by atoms with Crippen molar-refractivity contribution in [2.75, 3.05) is 0 Å². The van der Waals surface area contributed by atoms with Gasteiger partial charge in [-0.15, -0.1) is 0 Å². The predicted octanol–water partition coefficient (Wildman–Crippen LogP) is 3.46. The van der Waals surface area contributed by atoms with Gasteiger partial charge in [0.05, 0.1) is 10.7 Å². The summed E-state index contributed by atoms with van der Waals surface area (Å²) >= 11 is 3.38. The molecule has 94 valence electrons. The van der Waals surface area contributed by atoms with Crippen molar-refractivity contribution in [1.29, 1.82) is 0 Å². The number of aryl methyl sites for hydroxylation is 2. The normalized spacial score (nSPS) is 10.6. The summed E-state index contributed by atoms with van der Waals surface area (Å²) in [6.07, 6.45) is 2.64. The van der Waals surface area contributed by atoms with Gasteiger partial charge in [-0.3, -0.25) is 9.48 Å². The number of carbonyl (C=O) groups is 1. The van der Waals surface area contributed by atoms with Gasteiger partial charge in [-0.1, -0.05) is 31.2 Å². The molecule has 1 heterocycles. The van der Waals surface area contributed by atoms with Crippen LogP contribution in [0.3, 0.4) is 0 Å². The van der Waals surface area contributed by atoms with E-state index >= 15 is 0 Å². The van der Waals surface area contributed by atoms with Gasteiger partial charge in [-0.25, -0.2) is 0 Å². The number of carbonyl (C=O) groups excluding carboxylic acids is 1. The van der Waals surface area contributed by atoms with Crippen molar-refractivity contribution < 1.29 is 4.79 Å². The molecule has 0 aliphatic rings. The Hall–Kier alpha value is -1.42. The highest BCUT2D eigenvalue weighted by Crippen LogP contribution is 2.20. The summed E-state index contributed by atoms with van der Waals surface area (Å²) < 4.78 is 2.45. The Kier molecular flexibility index (Phi) is 3.97. The summed E-state index contributed by atoms with van der Waals surface area (Å²) in [4.78, 5) is 12.4. The molecule has 0 amide bonds. The number of aromatic nitrogens is 2. The Morgan fingerprint density at radius 1 is 1.28 bits per heavy atom. The molecule has 2 rings (SSSR count). The lowest BCUT2D eigenvalue weighted by Gasteiger charge is -2.05. The van der Waals surface area contributed by atoms with Gasteiger partial charge in [-0.2, -0.15) is 5.10 Å². The van der Waals surface area contributed by atoms with Crippen molar-refractivity contribution in [3.8, 4) is 0 Å².